The summed E-state index contributed by atoms with van der Waals surface area (Å²) < 4.78 is 0. The number of benzene rings is 1. The second-order valence-corrected chi connectivity index (χ2v) is 5.48. The van der Waals surface area contributed by atoms with E-state index in [0.717, 1.165) is 11.8 Å². The number of halogens is 2. The maximum Gasteiger partial charge on any atom is 0.210 e. The highest BCUT2D eigenvalue weighted by atomic mass is 35.5. The van der Waals surface area contributed by atoms with Crippen molar-refractivity contribution in [2.45, 2.75) is 11.7 Å². The van der Waals surface area contributed by atoms with E-state index in [4.69, 9.17) is 28.4 Å². The first kappa shape index (κ1) is 15.8. The SMILES string of the molecule is CSc1nnc(/C=N/O)c(NCc2ccc(Cl)cc2Cl)n1. The molecule has 0 amide bonds. The Labute approximate surface area is 135 Å². The third-order valence-corrected chi connectivity index (χ3v) is 3.64. The molecule has 0 saturated heterocycles. The summed E-state index contributed by atoms with van der Waals surface area (Å²) in [5.41, 5.74) is 1.19. The molecule has 0 radical (unpaired) electrons. The van der Waals surface area contributed by atoms with Crippen molar-refractivity contribution in [3.63, 3.8) is 0 Å². The van der Waals surface area contributed by atoms with Gasteiger partial charge in [-0.2, -0.15) is 0 Å². The first-order chi connectivity index (χ1) is 10.1. The Morgan fingerprint density at radius 3 is 2.86 bits per heavy atom. The van der Waals surface area contributed by atoms with Gasteiger partial charge >= 0.3 is 0 Å². The average molecular weight is 344 g/mol. The van der Waals surface area contributed by atoms with Crippen molar-refractivity contribution in [2.75, 3.05) is 11.6 Å². The first-order valence-corrected chi connectivity index (χ1v) is 7.76. The predicted octanol–water partition coefficient (Wildman–Crippen LogP) is 3.32. The number of nitrogens with one attached hydrogen (secondary N) is 1. The molecule has 2 aromatic rings. The molecule has 0 spiro atoms. The molecular weight excluding hydrogens is 333 g/mol. The molecule has 0 atom stereocenters. The zero-order valence-electron chi connectivity index (χ0n) is 10.9. The highest BCUT2D eigenvalue weighted by Crippen LogP contribution is 2.22. The lowest BCUT2D eigenvalue weighted by Gasteiger charge is -2.09. The summed E-state index contributed by atoms with van der Waals surface area (Å²) in [7, 11) is 0. The molecule has 21 heavy (non-hydrogen) atoms. The van der Waals surface area contributed by atoms with Crippen LogP contribution >= 0.6 is 35.0 Å². The molecule has 1 aromatic heterocycles. The number of anilines is 1. The standard InChI is InChI=1S/C12H11Cl2N5OS/c1-21-12-17-11(10(6-16-20)18-19-12)15-5-7-2-3-8(13)4-9(7)14/h2-4,6,20H,5H2,1H3,(H,15,17,19)/b16-6+. The Hall–Kier alpha value is -1.57. The molecule has 1 aromatic carbocycles. The van der Waals surface area contributed by atoms with Gasteiger partial charge < -0.3 is 10.5 Å². The summed E-state index contributed by atoms with van der Waals surface area (Å²) in [5.74, 6) is 0.457. The van der Waals surface area contributed by atoms with E-state index in [1.54, 1.807) is 12.1 Å². The van der Waals surface area contributed by atoms with Crippen molar-refractivity contribution in [3.05, 3.63) is 39.5 Å². The van der Waals surface area contributed by atoms with Gasteiger partial charge in [0.25, 0.3) is 0 Å². The highest BCUT2D eigenvalue weighted by Gasteiger charge is 2.08. The minimum Gasteiger partial charge on any atom is -0.411 e. The van der Waals surface area contributed by atoms with Crippen LogP contribution in [0.1, 0.15) is 11.3 Å². The lowest BCUT2D eigenvalue weighted by Crippen LogP contribution is -2.08. The van der Waals surface area contributed by atoms with Gasteiger partial charge in [-0.15, -0.1) is 10.2 Å². The Kier molecular flexibility index (Phi) is 5.60. The number of thioether (sulfide) groups is 1. The molecule has 0 aliphatic rings. The van der Waals surface area contributed by atoms with Crippen molar-refractivity contribution in [2.24, 2.45) is 5.16 Å². The normalized spacial score (nSPS) is 11.0. The number of hydrogen-bond acceptors (Lipinski definition) is 7. The van der Waals surface area contributed by atoms with Gasteiger partial charge in [0.15, 0.2) is 5.82 Å². The minimum absolute atomic E-state index is 0.334. The van der Waals surface area contributed by atoms with Crippen molar-refractivity contribution in [1.82, 2.24) is 15.2 Å². The molecule has 2 N–H and O–H groups in total. The smallest absolute Gasteiger partial charge is 0.210 e. The van der Waals surface area contributed by atoms with E-state index in [1.165, 1.54) is 11.8 Å². The van der Waals surface area contributed by atoms with Crippen LogP contribution in [-0.2, 0) is 6.54 Å². The summed E-state index contributed by atoms with van der Waals surface area (Å²) in [6.07, 6.45) is 3.01. The Bertz CT molecular complexity index is 668. The topological polar surface area (TPSA) is 83.3 Å². The minimum atomic E-state index is 0.334. The van der Waals surface area contributed by atoms with Crippen LogP contribution in [-0.4, -0.2) is 32.9 Å². The molecule has 0 saturated carbocycles. The Morgan fingerprint density at radius 1 is 1.38 bits per heavy atom. The quantitative estimate of drug-likeness (QED) is 0.375. The van der Waals surface area contributed by atoms with Crippen molar-refractivity contribution >= 4 is 47.0 Å². The second kappa shape index (κ2) is 7.44. The van der Waals surface area contributed by atoms with Crippen LogP contribution in [0, 0.1) is 0 Å². The fraction of sp³-hybridized carbons (Fsp3) is 0.167. The van der Waals surface area contributed by atoms with E-state index in [9.17, 15) is 0 Å². The maximum atomic E-state index is 8.64. The molecule has 0 unspecified atom stereocenters. The fourth-order valence-electron chi connectivity index (χ4n) is 1.52. The van der Waals surface area contributed by atoms with Crippen LogP contribution in [0.25, 0.3) is 0 Å². The number of aromatic nitrogens is 3. The van der Waals surface area contributed by atoms with Crippen molar-refractivity contribution < 1.29 is 5.21 Å². The van der Waals surface area contributed by atoms with E-state index in [2.05, 4.69) is 25.7 Å². The van der Waals surface area contributed by atoms with Crippen LogP contribution in [0.4, 0.5) is 5.82 Å². The van der Waals surface area contributed by atoms with E-state index in [1.807, 2.05) is 12.3 Å². The number of rotatable bonds is 5. The van der Waals surface area contributed by atoms with Gasteiger partial charge in [-0.05, 0) is 24.0 Å². The third kappa shape index (κ3) is 4.20. The monoisotopic (exact) mass is 343 g/mol. The molecule has 0 aliphatic carbocycles. The zero-order chi connectivity index (χ0) is 15.2. The molecular formula is C12H11Cl2N5OS. The lowest BCUT2D eigenvalue weighted by molar-refractivity contribution is 0.321. The maximum absolute atomic E-state index is 8.64. The van der Waals surface area contributed by atoms with Gasteiger partial charge in [0.2, 0.25) is 5.16 Å². The fourth-order valence-corrected chi connectivity index (χ4v) is 2.30. The van der Waals surface area contributed by atoms with Crippen LogP contribution in [0.5, 0.6) is 0 Å². The predicted molar refractivity (Wildman–Crippen MR) is 84.8 cm³/mol. The largest absolute Gasteiger partial charge is 0.411 e. The van der Waals surface area contributed by atoms with Gasteiger partial charge in [-0.3, -0.25) is 0 Å². The molecule has 2 rings (SSSR count). The molecule has 1 heterocycles. The van der Waals surface area contributed by atoms with E-state index >= 15 is 0 Å². The van der Waals surface area contributed by atoms with Crippen LogP contribution in [0.15, 0.2) is 28.5 Å². The molecule has 110 valence electrons. The summed E-state index contributed by atoms with van der Waals surface area (Å²) >= 11 is 13.3. The summed E-state index contributed by atoms with van der Waals surface area (Å²) in [6.45, 7) is 0.425. The first-order valence-electron chi connectivity index (χ1n) is 5.78. The van der Waals surface area contributed by atoms with E-state index in [-0.39, 0.29) is 0 Å². The summed E-state index contributed by atoms with van der Waals surface area (Å²) in [4.78, 5) is 4.28. The number of hydrogen-bond donors (Lipinski definition) is 2. The molecule has 0 bridgehead atoms. The van der Waals surface area contributed by atoms with Crippen LogP contribution in [0.3, 0.4) is 0 Å². The number of nitrogens with zero attached hydrogens (tertiary/aromatic N) is 4. The molecule has 0 fully saturated rings. The molecule has 6 nitrogen and oxygen atoms in total. The van der Waals surface area contributed by atoms with E-state index < -0.39 is 0 Å². The van der Waals surface area contributed by atoms with Gasteiger partial charge in [-0.25, -0.2) is 4.98 Å². The molecule has 0 aliphatic heterocycles. The zero-order valence-corrected chi connectivity index (χ0v) is 13.2. The average Bonchev–Trinajstić information content (AvgIpc) is 2.48. The molecule has 9 heteroatoms. The number of oxime groups is 1. The van der Waals surface area contributed by atoms with Gasteiger partial charge in [-0.1, -0.05) is 46.2 Å². The highest BCUT2D eigenvalue weighted by molar-refractivity contribution is 7.98. The van der Waals surface area contributed by atoms with Gasteiger partial charge in [0.05, 0.1) is 6.21 Å². The Balaban J connectivity index is 2.21. The van der Waals surface area contributed by atoms with Crippen LogP contribution < -0.4 is 5.32 Å². The van der Waals surface area contributed by atoms with Gasteiger partial charge in [0, 0.05) is 16.6 Å². The van der Waals surface area contributed by atoms with Crippen molar-refractivity contribution in [3.8, 4) is 0 Å². The van der Waals surface area contributed by atoms with Crippen molar-refractivity contribution in [1.29, 1.82) is 0 Å². The van der Waals surface area contributed by atoms with Gasteiger partial charge in [0.1, 0.15) is 5.69 Å². The third-order valence-electron chi connectivity index (χ3n) is 2.52. The summed E-state index contributed by atoms with van der Waals surface area (Å²) in [6, 6.07) is 5.25. The Morgan fingerprint density at radius 2 is 2.19 bits per heavy atom. The lowest BCUT2D eigenvalue weighted by atomic mass is 10.2. The second-order valence-electron chi connectivity index (χ2n) is 3.87. The van der Waals surface area contributed by atoms with Crippen LogP contribution in [0.2, 0.25) is 10.0 Å². The summed E-state index contributed by atoms with van der Waals surface area (Å²) in [5, 5.41) is 24.1. The van der Waals surface area contributed by atoms with E-state index in [0.29, 0.717) is 33.3 Å².